The standard InChI is InChI=1S/C22H19Br2N3O3S/c23-19-11-9-17(10-12-19)15-27(31(29,30)21-7-2-1-3-8-21)16-22(28)26-25-14-18-5-4-6-20(24)13-18/h1-14H,15-16H2,(H,26,28)/b25-14-. The minimum Gasteiger partial charge on any atom is -0.272 e. The first-order chi connectivity index (χ1) is 14.8. The van der Waals surface area contributed by atoms with Crippen LogP contribution in [0.4, 0.5) is 0 Å². The zero-order valence-electron chi connectivity index (χ0n) is 16.3. The molecule has 0 saturated carbocycles. The summed E-state index contributed by atoms with van der Waals surface area (Å²) in [6.45, 7) is -0.323. The van der Waals surface area contributed by atoms with Crippen LogP contribution in [0.2, 0.25) is 0 Å². The highest BCUT2D eigenvalue weighted by Crippen LogP contribution is 2.19. The van der Waals surface area contributed by atoms with Gasteiger partial charge in [-0.2, -0.15) is 9.41 Å². The van der Waals surface area contributed by atoms with Gasteiger partial charge < -0.3 is 0 Å². The maximum absolute atomic E-state index is 13.2. The predicted octanol–water partition coefficient (Wildman–Crippen LogP) is 4.55. The normalized spacial score (nSPS) is 11.7. The number of hydrazone groups is 1. The molecule has 0 radical (unpaired) electrons. The van der Waals surface area contributed by atoms with Crippen LogP contribution in [0.5, 0.6) is 0 Å². The quantitative estimate of drug-likeness (QED) is 0.322. The fraction of sp³-hybridized carbons (Fsp3) is 0.0909. The largest absolute Gasteiger partial charge is 0.272 e. The Balaban J connectivity index is 1.77. The summed E-state index contributed by atoms with van der Waals surface area (Å²) in [6, 6.07) is 22.7. The molecule has 160 valence electrons. The van der Waals surface area contributed by atoms with Crippen molar-refractivity contribution in [3.05, 3.63) is 98.9 Å². The van der Waals surface area contributed by atoms with Crippen LogP contribution in [0, 0.1) is 0 Å². The van der Waals surface area contributed by atoms with Gasteiger partial charge in [-0.15, -0.1) is 0 Å². The Kier molecular flexibility index (Phi) is 8.14. The first-order valence-electron chi connectivity index (χ1n) is 9.22. The van der Waals surface area contributed by atoms with Crippen LogP contribution in [0.15, 0.2) is 97.8 Å². The Morgan fingerprint density at radius 3 is 2.32 bits per heavy atom. The molecule has 0 heterocycles. The van der Waals surface area contributed by atoms with Gasteiger partial charge >= 0.3 is 0 Å². The van der Waals surface area contributed by atoms with Gasteiger partial charge in [-0.3, -0.25) is 4.79 Å². The molecular weight excluding hydrogens is 546 g/mol. The number of carbonyl (C=O) groups is 1. The number of sulfonamides is 1. The molecule has 6 nitrogen and oxygen atoms in total. The molecule has 0 aliphatic heterocycles. The van der Waals surface area contributed by atoms with Gasteiger partial charge in [0, 0.05) is 15.5 Å². The third-order valence-electron chi connectivity index (χ3n) is 4.22. The Bertz CT molecular complexity index is 1170. The highest BCUT2D eigenvalue weighted by Gasteiger charge is 2.26. The van der Waals surface area contributed by atoms with Gasteiger partial charge in [-0.05, 0) is 47.5 Å². The summed E-state index contributed by atoms with van der Waals surface area (Å²) in [7, 11) is -3.88. The number of hydrogen-bond donors (Lipinski definition) is 1. The lowest BCUT2D eigenvalue weighted by molar-refractivity contribution is -0.121. The Morgan fingerprint density at radius 2 is 1.65 bits per heavy atom. The number of amides is 1. The number of nitrogens with one attached hydrogen (secondary N) is 1. The van der Waals surface area contributed by atoms with Crippen molar-refractivity contribution >= 4 is 54.0 Å². The van der Waals surface area contributed by atoms with Gasteiger partial charge in [-0.1, -0.05) is 74.3 Å². The minimum absolute atomic E-state index is 0.0489. The topological polar surface area (TPSA) is 78.8 Å². The van der Waals surface area contributed by atoms with Crippen LogP contribution < -0.4 is 5.43 Å². The van der Waals surface area contributed by atoms with E-state index in [1.54, 1.807) is 30.3 Å². The number of halogens is 2. The molecule has 3 aromatic rings. The highest BCUT2D eigenvalue weighted by molar-refractivity contribution is 9.10. The van der Waals surface area contributed by atoms with Gasteiger partial charge in [0.25, 0.3) is 5.91 Å². The van der Waals surface area contributed by atoms with Gasteiger partial charge in [0.05, 0.1) is 17.7 Å². The zero-order chi connectivity index (χ0) is 22.3. The molecule has 1 N–H and O–H groups in total. The van der Waals surface area contributed by atoms with Crippen molar-refractivity contribution in [3.8, 4) is 0 Å². The van der Waals surface area contributed by atoms with E-state index in [1.165, 1.54) is 18.3 Å². The molecule has 0 atom stereocenters. The van der Waals surface area contributed by atoms with Crippen molar-refractivity contribution in [2.24, 2.45) is 5.10 Å². The second kappa shape index (κ2) is 10.8. The molecule has 3 aromatic carbocycles. The van der Waals surface area contributed by atoms with E-state index in [0.717, 1.165) is 24.4 Å². The summed E-state index contributed by atoms with van der Waals surface area (Å²) in [5, 5.41) is 3.94. The summed E-state index contributed by atoms with van der Waals surface area (Å²) in [6.07, 6.45) is 1.49. The fourth-order valence-electron chi connectivity index (χ4n) is 2.72. The van der Waals surface area contributed by atoms with E-state index in [0.29, 0.717) is 0 Å². The van der Waals surface area contributed by atoms with Crippen LogP contribution in [-0.2, 0) is 21.4 Å². The van der Waals surface area contributed by atoms with Crippen LogP contribution in [0.25, 0.3) is 0 Å². The molecule has 31 heavy (non-hydrogen) atoms. The number of hydrogen-bond acceptors (Lipinski definition) is 4. The Labute approximate surface area is 198 Å². The van der Waals surface area contributed by atoms with Crippen molar-refractivity contribution in [2.75, 3.05) is 6.54 Å². The third kappa shape index (κ3) is 6.83. The molecule has 0 bridgehead atoms. The summed E-state index contributed by atoms with van der Waals surface area (Å²) in [5.41, 5.74) is 3.95. The fourth-order valence-corrected chi connectivity index (χ4v) is 4.81. The number of rotatable bonds is 8. The minimum atomic E-state index is -3.88. The van der Waals surface area contributed by atoms with Crippen molar-refractivity contribution in [1.82, 2.24) is 9.73 Å². The molecule has 1 amide bonds. The van der Waals surface area contributed by atoms with Gasteiger partial charge in [0.15, 0.2) is 0 Å². The monoisotopic (exact) mass is 563 g/mol. The lowest BCUT2D eigenvalue weighted by atomic mass is 10.2. The maximum atomic E-state index is 13.2. The smallest absolute Gasteiger partial charge is 0.255 e. The van der Waals surface area contributed by atoms with Gasteiger partial charge in [0.1, 0.15) is 0 Å². The highest BCUT2D eigenvalue weighted by atomic mass is 79.9. The van der Waals surface area contributed by atoms with Crippen molar-refractivity contribution in [3.63, 3.8) is 0 Å². The number of nitrogens with zero attached hydrogens (tertiary/aromatic N) is 2. The van der Waals surface area contributed by atoms with Gasteiger partial charge in [0.2, 0.25) is 10.0 Å². The number of benzene rings is 3. The molecule has 0 fully saturated rings. The molecule has 3 rings (SSSR count). The lowest BCUT2D eigenvalue weighted by Gasteiger charge is -2.21. The molecule has 0 spiro atoms. The zero-order valence-corrected chi connectivity index (χ0v) is 20.3. The van der Waals surface area contributed by atoms with E-state index in [2.05, 4.69) is 42.4 Å². The van der Waals surface area contributed by atoms with Crippen molar-refractivity contribution in [1.29, 1.82) is 0 Å². The lowest BCUT2D eigenvalue weighted by Crippen LogP contribution is -2.39. The molecule has 0 aliphatic carbocycles. The SMILES string of the molecule is O=C(CN(Cc1ccc(Br)cc1)S(=O)(=O)c1ccccc1)N/N=C\c1cccc(Br)c1. The average Bonchev–Trinajstić information content (AvgIpc) is 2.75. The Morgan fingerprint density at radius 1 is 0.935 bits per heavy atom. The second-order valence-corrected chi connectivity index (χ2v) is 10.3. The first-order valence-corrected chi connectivity index (χ1v) is 12.2. The van der Waals surface area contributed by atoms with Crippen LogP contribution in [-0.4, -0.2) is 31.4 Å². The summed E-state index contributed by atoms with van der Waals surface area (Å²) in [4.78, 5) is 12.6. The van der Waals surface area contributed by atoms with E-state index in [4.69, 9.17) is 0 Å². The second-order valence-electron chi connectivity index (χ2n) is 6.56. The van der Waals surface area contributed by atoms with E-state index >= 15 is 0 Å². The van der Waals surface area contributed by atoms with Crippen LogP contribution >= 0.6 is 31.9 Å². The van der Waals surface area contributed by atoms with E-state index in [9.17, 15) is 13.2 Å². The van der Waals surface area contributed by atoms with E-state index < -0.39 is 15.9 Å². The summed E-state index contributed by atoms with van der Waals surface area (Å²) < 4.78 is 29.2. The summed E-state index contributed by atoms with van der Waals surface area (Å²) >= 11 is 6.74. The first kappa shape index (κ1) is 23.3. The van der Waals surface area contributed by atoms with E-state index in [-0.39, 0.29) is 18.0 Å². The number of carbonyl (C=O) groups excluding carboxylic acids is 1. The molecule has 9 heteroatoms. The van der Waals surface area contributed by atoms with Gasteiger partial charge in [-0.25, -0.2) is 13.8 Å². The van der Waals surface area contributed by atoms with Crippen molar-refractivity contribution in [2.45, 2.75) is 11.4 Å². The molecule has 0 aliphatic rings. The summed E-state index contributed by atoms with van der Waals surface area (Å²) in [5.74, 6) is -0.539. The van der Waals surface area contributed by atoms with E-state index in [1.807, 2.05) is 36.4 Å². The molecule has 0 saturated heterocycles. The van der Waals surface area contributed by atoms with Crippen LogP contribution in [0.1, 0.15) is 11.1 Å². The average molecular weight is 565 g/mol. The Hall–Kier alpha value is -2.33. The van der Waals surface area contributed by atoms with Crippen LogP contribution in [0.3, 0.4) is 0 Å². The predicted molar refractivity (Wildman–Crippen MR) is 128 cm³/mol. The van der Waals surface area contributed by atoms with Crippen molar-refractivity contribution < 1.29 is 13.2 Å². The molecular formula is C22H19Br2N3O3S. The molecule has 0 unspecified atom stereocenters. The molecule has 0 aromatic heterocycles. The third-order valence-corrected chi connectivity index (χ3v) is 7.05. The maximum Gasteiger partial charge on any atom is 0.255 e.